The van der Waals surface area contributed by atoms with E-state index in [1.54, 1.807) is 0 Å². The highest BCUT2D eigenvalue weighted by Gasteiger charge is 2.39. The molecule has 1 aromatic carbocycles. The van der Waals surface area contributed by atoms with Crippen LogP contribution in [0.2, 0.25) is 0 Å². The molecule has 2 unspecified atom stereocenters. The number of nitrogens with one attached hydrogen (secondary N) is 2. The fourth-order valence-corrected chi connectivity index (χ4v) is 3.07. The number of rotatable bonds is 3. The summed E-state index contributed by atoms with van der Waals surface area (Å²) in [4.78, 5) is 12.1. The fraction of sp³-hybridized carbons (Fsp3) is 0.533. The van der Waals surface area contributed by atoms with Gasteiger partial charge in [-0.3, -0.25) is 0 Å². The molecule has 2 atom stereocenters. The minimum Gasteiger partial charge on any atom is -0.396 e. The summed E-state index contributed by atoms with van der Waals surface area (Å²) in [6, 6.07) is 5.60. The van der Waals surface area contributed by atoms with E-state index < -0.39 is 0 Å². The molecule has 4 nitrogen and oxygen atoms in total. The summed E-state index contributed by atoms with van der Waals surface area (Å²) in [6.07, 6.45) is 2.91. The largest absolute Gasteiger partial charge is 0.396 e. The Kier molecular flexibility index (Phi) is 4.70. The van der Waals surface area contributed by atoms with Crippen molar-refractivity contribution < 1.29 is 9.90 Å². The summed E-state index contributed by atoms with van der Waals surface area (Å²) in [5, 5.41) is 15.4. The number of urea groups is 1. The van der Waals surface area contributed by atoms with Gasteiger partial charge in [-0.25, -0.2) is 4.79 Å². The van der Waals surface area contributed by atoms with Crippen molar-refractivity contribution in [1.29, 1.82) is 0 Å². The molecule has 1 saturated carbocycles. The molecule has 20 heavy (non-hydrogen) atoms. The number of anilines is 1. The molecule has 2 amide bonds. The van der Waals surface area contributed by atoms with E-state index in [0.717, 1.165) is 35.0 Å². The second kappa shape index (κ2) is 6.14. The second-order valence-electron chi connectivity index (χ2n) is 5.81. The molecule has 0 bridgehead atoms. The van der Waals surface area contributed by atoms with Crippen molar-refractivity contribution in [2.24, 2.45) is 5.41 Å². The van der Waals surface area contributed by atoms with Gasteiger partial charge in [-0.1, -0.05) is 35.3 Å². The molecule has 0 saturated heterocycles. The number of aryl methyl sites for hydroxylation is 1. The predicted molar refractivity (Wildman–Crippen MR) is 83.9 cm³/mol. The maximum atomic E-state index is 12.1. The zero-order chi connectivity index (χ0) is 14.8. The van der Waals surface area contributed by atoms with Crippen LogP contribution >= 0.6 is 15.9 Å². The van der Waals surface area contributed by atoms with Crippen LogP contribution in [0.25, 0.3) is 0 Å². The van der Waals surface area contributed by atoms with Gasteiger partial charge in [0.15, 0.2) is 0 Å². The number of amides is 2. The van der Waals surface area contributed by atoms with Crippen LogP contribution in [0, 0.1) is 12.3 Å². The number of carbonyl (C=O) groups is 1. The number of halogens is 1. The first-order valence-electron chi connectivity index (χ1n) is 6.89. The normalized spacial score (nSPS) is 25.5. The van der Waals surface area contributed by atoms with E-state index in [9.17, 15) is 9.90 Å². The zero-order valence-electron chi connectivity index (χ0n) is 11.9. The maximum Gasteiger partial charge on any atom is 0.319 e. The maximum absolute atomic E-state index is 12.1. The standard InChI is InChI=1S/C15H21BrN2O2/c1-10-5-6-11(16)8-12(10)17-14(20)18-13-4-3-7-15(13,2)9-19/h5-6,8,13,19H,3-4,7,9H2,1-2H3,(H2,17,18,20). The first-order chi connectivity index (χ1) is 9.44. The molecule has 0 heterocycles. The molecule has 3 N–H and O–H groups in total. The lowest BCUT2D eigenvalue weighted by Gasteiger charge is -2.30. The number of hydrogen-bond acceptors (Lipinski definition) is 2. The lowest BCUT2D eigenvalue weighted by molar-refractivity contribution is 0.122. The summed E-state index contributed by atoms with van der Waals surface area (Å²) in [5.74, 6) is 0. The third-order valence-corrected chi connectivity index (χ3v) is 4.69. The highest BCUT2D eigenvalue weighted by Crippen LogP contribution is 2.37. The van der Waals surface area contributed by atoms with Crippen molar-refractivity contribution in [2.75, 3.05) is 11.9 Å². The Morgan fingerprint density at radius 3 is 3.00 bits per heavy atom. The van der Waals surface area contributed by atoms with E-state index in [2.05, 4.69) is 26.6 Å². The predicted octanol–water partition coefficient (Wildman–Crippen LogP) is 3.43. The number of hydrogen-bond donors (Lipinski definition) is 3. The van der Waals surface area contributed by atoms with Crippen molar-refractivity contribution in [3.8, 4) is 0 Å². The summed E-state index contributed by atoms with van der Waals surface area (Å²) in [7, 11) is 0. The average molecular weight is 341 g/mol. The number of aliphatic hydroxyl groups excluding tert-OH is 1. The van der Waals surface area contributed by atoms with Gasteiger partial charge in [-0.2, -0.15) is 0 Å². The van der Waals surface area contributed by atoms with E-state index >= 15 is 0 Å². The number of benzene rings is 1. The molecular formula is C15H21BrN2O2. The van der Waals surface area contributed by atoms with Gasteiger partial charge < -0.3 is 15.7 Å². The van der Waals surface area contributed by atoms with Crippen molar-refractivity contribution in [3.05, 3.63) is 28.2 Å². The van der Waals surface area contributed by atoms with E-state index in [4.69, 9.17) is 0 Å². The minimum atomic E-state index is -0.210. The van der Waals surface area contributed by atoms with Gasteiger partial charge in [0.2, 0.25) is 0 Å². The summed E-state index contributed by atoms with van der Waals surface area (Å²) in [6.45, 7) is 4.08. The van der Waals surface area contributed by atoms with Crippen LogP contribution in [0.1, 0.15) is 31.7 Å². The molecule has 5 heteroatoms. The van der Waals surface area contributed by atoms with Gasteiger partial charge in [0.05, 0.1) is 6.61 Å². The zero-order valence-corrected chi connectivity index (χ0v) is 13.5. The average Bonchev–Trinajstić information content (AvgIpc) is 2.76. The summed E-state index contributed by atoms with van der Waals surface area (Å²) >= 11 is 3.40. The molecule has 0 aromatic heterocycles. The Morgan fingerprint density at radius 1 is 1.55 bits per heavy atom. The smallest absolute Gasteiger partial charge is 0.319 e. The third kappa shape index (κ3) is 3.33. The lowest BCUT2D eigenvalue weighted by atomic mass is 9.86. The third-order valence-electron chi connectivity index (χ3n) is 4.20. The van der Waals surface area contributed by atoms with Gasteiger partial charge in [0.25, 0.3) is 0 Å². The second-order valence-corrected chi connectivity index (χ2v) is 6.73. The van der Waals surface area contributed by atoms with Crippen LogP contribution in [-0.2, 0) is 0 Å². The van der Waals surface area contributed by atoms with E-state index in [1.807, 2.05) is 32.0 Å². The highest BCUT2D eigenvalue weighted by molar-refractivity contribution is 9.10. The number of carbonyl (C=O) groups excluding carboxylic acids is 1. The Labute approximate surface area is 128 Å². The molecule has 1 aliphatic carbocycles. The van der Waals surface area contributed by atoms with Crippen LogP contribution in [0.3, 0.4) is 0 Å². The molecule has 2 rings (SSSR count). The molecule has 110 valence electrons. The summed E-state index contributed by atoms with van der Waals surface area (Å²) < 4.78 is 0.930. The Hall–Kier alpha value is -1.07. The number of aliphatic hydroxyl groups is 1. The van der Waals surface area contributed by atoms with Crippen molar-refractivity contribution in [2.45, 2.75) is 39.2 Å². The molecular weight excluding hydrogens is 320 g/mol. The highest BCUT2D eigenvalue weighted by atomic mass is 79.9. The van der Waals surface area contributed by atoms with Crippen LogP contribution in [0.4, 0.5) is 10.5 Å². The molecule has 0 aliphatic heterocycles. The SMILES string of the molecule is Cc1ccc(Br)cc1NC(=O)NC1CCCC1(C)CO. The monoisotopic (exact) mass is 340 g/mol. The molecule has 0 radical (unpaired) electrons. The van der Waals surface area contributed by atoms with E-state index in [0.29, 0.717) is 0 Å². The van der Waals surface area contributed by atoms with Crippen molar-refractivity contribution in [1.82, 2.24) is 5.32 Å². The van der Waals surface area contributed by atoms with Crippen LogP contribution in [0.5, 0.6) is 0 Å². The van der Waals surface area contributed by atoms with Crippen LogP contribution in [0.15, 0.2) is 22.7 Å². The van der Waals surface area contributed by atoms with E-state index in [-0.39, 0.29) is 24.1 Å². The lowest BCUT2D eigenvalue weighted by Crippen LogP contribution is -2.46. The Morgan fingerprint density at radius 2 is 2.30 bits per heavy atom. The molecule has 1 aromatic rings. The van der Waals surface area contributed by atoms with Crippen LogP contribution in [-0.4, -0.2) is 23.8 Å². The summed E-state index contributed by atoms with van der Waals surface area (Å²) in [5.41, 5.74) is 1.60. The Balaban J connectivity index is 2.01. The molecule has 0 spiro atoms. The minimum absolute atomic E-state index is 0.0277. The van der Waals surface area contributed by atoms with Gasteiger partial charge >= 0.3 is 6.03 Å². The van der Waals surface area contributed by atoms with Gasteiger partial charge in [0.1, 0.15) is 0 Å². The topological polar surface area (TPSA) is 61.4 Å². The fourth-order valence-electron chi connectivity index (χ4n) is 2.71. The van der Waals surface area contributed by atoms with Gasteiger partial charge in [-0.05, 0) is 37.5 Å². The van der Waals surface area contributed by atoms with Crippen molar-refractivity contribution in [3.63, 3.8) is 0 Å². The Bertz CT molecular complexity index is 507. The van der Waals surface area contributed by atoms with Crippen LogP contribution < -0.4 is 10.6 Å². The first kappa shape index (κ1) is 15.3. The van der Waals surface area contributed by atoms with Gasteiger partial charge in [-0.15, -0.1) is 0 Å². The molecule has 1 fully saturated rings. The van der Waals surface area contributed by atoms with Crippen molar-refractivity contribution >= 4 is 27.6 Å². The van der Waals surface area contributed by atoms with E-state index in [1.165, 1.54) is 0 Å². The molecule has 1 aliphatic rings. The first-order valence-corrected chi connectivity index (χ1v) is 7.68. The van der Waals surface area contributed by atoms with Gasteiger partial charge in [0, 0.05) is 21.6 Å². The quantitative estimate of drug-likeness (QED) is 0.789.